The van der Waals surface area contributed by atoms with E-state index in [0.29, 0.717) is 43.3 Å². The number of hydrogen-bond acceptors (Lipinski definition) is 14. The highest BCUT2D eigenvalue weighted by atomic mass is 16.7. The first-order chi connectivity index (χ1) is 29.5. The van der Waals surface area contributed by atoms with E-state index in [1.165, 1.54) is 0 Å². The summed E-state index contributed by atoms with van der Waals surface area (Å²) in [5, 5.41) is 34.2. The van der Waals surface area contributed by atoms with Gasteiger partial charge in [-0.2, -0.15) is 0 Å². The van der Waals surface area contributed by atoms with Crippen LogP contribution in [-0.2, 0) is 52.2 Å². The van der Waals surface area contributed by atoms with Crippen LogP contribution in [0.25, 0.3) is 0 Å². The van der Waals surface area contributed by atoms with E-state index in [0.717, 1.165) is 12.0 Å². The van der Waals surface area contributed by atoms with Crippen LogP contribution >= 0.6 is 0 Å². The molecule has 0 radical (unpaired) electrons. The number of esters is 1. The molecule has 0 unspecified atom stereocenters. The number of carbonyl (C=O) groups excluding carboxylic acids is 1. The molecule has 14 nitrogen and oxygen atoms in total. The van der Waals surface area contributed by atoms with Crippen LogP contribution in [0.15, 0.2) is 59.3 Å². The maximum absolute atomic E-state index is 14.3. The standard InChI is InChI=1S/C48H72O14/c1-11-25(2)43-28(5)17-18-47(62-43)23-34-20-33(61-47)16-15-27(4)42(26(3)13-12-14-32-24-55-45-40(49)29(6)19-35(46(51)58-34)48(32,45)52)59-39-22-37(54-10)44(31(8)57-39)60-38-21-36(53-9)41(50)30(7)56-38/h12-15,17-19,25-26,28,30-31,33-45,49-50,52H,11,16,20-24H2,1-10H3/b13-12-,27-15-,32-14-/t25-,26-,28-,30-,31-,33+,34-,35-,36-,37-,38-,39-,40+,41-,42-,43+,44-,45+,47+,48+/m0/s1. The van der Waals surface area contributed by atoms with E-state index in [2.05, 4.69) is 39.8 Å². The number of rotatable bonds is 8. The monoisotopic (exact) mass is 872 g/mol. The average molecular weight is 873 g/mol. The smallest absolute Gasteiger partial charge is 0.316 e. The second kappa shape index (κ2) is 19.7. The van der Waals surface area contributed by atoms with Gasteiger partial charge in [-0.15, -0.1) is 0 Å². The van der Waals surface area contributed by atoms with Crippen molar-refractivity contribution in [2.75, 3.05) is 20.8 Å². The van der Waals surface area contributed by atoms with E-state index >= 15 is 0 Å². The maximum atomic E-state index is 14.3. The Morgan fingerprint density at radius 1 is 0.887 bits per heavy atom. The lowest BCUT2D eigenvalue weighted by molar-refractivity contribution is -0.318. The number of allylic oxidation sites excluding steroid dienone is 2. The van der Waals surface area contributed by atoms with Crippen molar-refractivity contribution >= 4 is 5.97 Å². The zero-order chi connectivity index (χ0) is 44.7. The molecule has 0 aromatic rings. The molecule has 1 spiro atoms. The molecule has 14 heteroatoms. The number of carbonyl (C=O) groups is 1. The average Bonchev–Trinajstić information content (AvgIpc) is 3.58. The zero-order valence-electron chi connectivity index (χ0n) is 38.2. The summed E-state index contributed by atoms with van der Waals surface area (Å²) in [7, 11) is 3.22. The molecule has 6 aliphatic heterocycles. The summed E-state index contributed by atoms with van der Waals surface area (Å²) in [6.07, 6.45) is 8.55. The van der Waals surface area contributed by atoms with E-state index in [1.807, 2.05) is 32.1 Å². The quantitative estimate of drug-likeness (QED) is 0.210. The van der Waals surface area contributed by atoms with Crippen molar-refractivity contribution in [2.45, 2.75) is 191 Å². The predicted octanol–water partition coefficient (Wildman–Crippen LogP) is 5.38. The van der Waals surface area contributed by atoms with Gasteiger partial charge in [-0.05, 0) is 62.8 Å². The van der Waals surface area contributed by atoms with Gasteiger partial charge in [0.2, 0.25) is 0 Å². The summed E-state index contributed by atoms with van der Waals surface area (Å²) in [6, 6.07) is 0. The molecule has 0 saturated carbocycles. The Bertz CT molecular complexity index is 1730. The molecule has 2 bridgehead atoms. The molecule has 4 saturated heterocycles. The Morgan fingerprint density at radius 3 is 2.32 bits per heavy atom. The van der Waals surface area contributed by atoms with Crippen molar-refractivity contribution in [3.05, 3.63) is 59.3 Å². The van der Waals surface area contributed by atoms with Crippen LogP contribution in [0, 0.1) is 23.7 Å². The second-order valence-electron chi connectivity index (χ2n) is 19.0. The Labute approximate surface area is 367 Å². The summed E-state index contributed by atoms with van der Waals surface area (Å²) in [5.74, 6) is -2.56. The maximum Gasteiger partial charge on any atom is 0.316 e. The van der Waals surface area contributed by atoms with Crippen LogP contribution in [-0.4, -0.2) is 139 Å². The topological polar surface area (TPSA) is 170 Å². The van der Waals surface area contributed by atoms with Crippen LogP contribution in [0.1, 0.15) is 93.9 Å². The van der Waals surface area contributed by atoms with Crippen LogP contribution in [0.2, 0.25) is 0 Å². The lowest BCUT2D eigenvalue weighted by Crippen LogP contribution is -2.58. The molecule has 348 valence electrons. The van der Waals surface area contributed by atoms with Gasteiger partial charge < -0.3 is 62.7 Å². The number of hydrogen-bond donors (Lipinski definition) is 3. The highest BCUT2D eigenvalue weighted by molar-refractivity contribution is 5.78. The van der Waals surface area contributed by atoms with Crippen molar-refractivity contribution in [1.82, 2.24) is 0 Å². The fourth-order valence-corrected chi connectivity index (χ4v) is 10.6. The molecule has 0 aromatic carbocycles. The summed E-state index contributed by atoms with van der Waals surface area (Å²) < 4.78 is 63.7. The third-order valence-corrected chi connectivity index (χ3v) is 14.5. The molecule has 4 fully saturated rings. The van der Waals surface area contributed by atoms with Gasteiger partial charge in [-0.1, -0.05) is 70.6 Å². The fraction of sp³-hybridized carbons (Fsp3) is 0.771. The van der Waals surface area contributed by atoms with Gasteiger partial charge in [0.1, 0.15) is 42.0 Å². The largest absolute Gasteiger partial charge is 0.462 e. The van der Waals surface area contributed by atoms with Crippen LogP contribution in [0.4, 0.5) is 0 Å². The molecular formula is C48H72O14. The van der Waals surface area contributed by atoms with Crippen LogP contribution in [0.3, 0.4) is 0 Å². The summed E-state index contributed by atoms with van der Waals surface area (Å²) in [6.45, 7) is 16.1. The molecule has 0 aromatic heterocycles. The van der Waals surface area contributed by atoms with Crippen molar-refractivity contribution in [3.63, 3.8) is 0 Å². The lowest BCUT2D eigenvalue weighted by atomic mass is 9.71. The minimum atomic E-state index is -1.84. The number of ether oxygens (including phenoxy) is 10. The Balaban J connectivity index is 1.18. The van der Waals surface area contributed by atoms with E-state index in [1.54, 1.807) is 40.2 Å². The van der Waals surface area contributed by atoms with E-state index in [9.17, 15) is 20.1 Å². The number of fused-ring (bicyclic) bond motifs is 2. The van der Waals surface area contributed by atoms with E-state index in [4.69, 9.17) is 47.4 Å². The van der Waals surface area contributed by atoms with Crippen LogP contribution < -0.4 is 0 Å². The van der Waals surface area contributed by atoms with Gasteiger partial charge in [0.15, 0.2) is 18.4 Å². The van der Waals surface area contributed by atoms with Crippen molar-refractivity contribution in [2.24, 2.45) is 23.7 Å². The summed E-state index contributed by atoms with van der Waals surface area (Å²) in [5.41, 5.74) is 0.134. The first-order valence-corrected chi connectivity index (χ1v) is 22.9. The van der Waals surface area contributed by atoms with Crippen molar-refractivity contribution in [3.8, 4) is 0 Å². The van der Waals surface area contributed by atoms with Crippen LogP contribution in [0.5, 0.6) is 0 Å². The van der Waals surface area contributed by atoms with Gasteiger partial charge in [-0.3, -0.25) is 4.79 Å². The van der Waals surface area contributed by atoms with E-state index in [-0.39, 0.29) is 42.7 Å². The Morgan fingerprint density at radius 2 is 1.60 bits per heavy atom. The minimum absolute atomic E-state index is 0.0317. The third-order valence-electron chi connectivity index (χ3n) is 14.5. The highest BCUT2D eigenvalue weighted by Gasteiger charge is 2.60. The van der Waals surface area contributed by atoms with Gasteiger partial charge in [0.05, 0.1) is 49.3 Å². The number of methoxy groups -OCH3 is 2. The van der Waals surface area contributed by atoms with Gasteiger partial charge in [0.25, 0.3) is 0 Å². The summed E-state index contributed by atoms with van der Waals surface area (Å²) >= 11 is 0. The number of aliphatic hydroxyl groups is 3. The van der Waals surface area contributed by atoms with Crippen molar-refractivity contribution in [1.29, 1.82) is 0 Å². The molecular weight excluding hydrogens is 801 g/mol. The van der Waals surface area contributed by atoms with Gasteiger partial charge >= 0.3 is 5.97 Å². The molecule has 7 rings (SSSR count). The normalized spacial score (nSPS) is 49.1. The third kappa shape index (κ3) is 9.64. The minimum Gasteiger partial charge on any atom is -0.462 e. The molecule has 0 amide bonds. The Kier molecular flexibility index (Phi) is 15.1. The lowest BCUT2D eigenvalue weighted by Gasteiger charge is -2.48. The Hall–Kier alpha value is -2.31. The SMILES string of the molecule is CC[C@H](C)[C@H]1O[C@]2(C=C[C@@H]1C)C[C@@H]1C[C@@H](C/C=C(/C)[C@@H](O[C@H]3C[C@H](OC)[C@@H](O[C@H]4C[C@H](OC)[C@@H](O)[C@H](C)O4)[C@H](C)O3)[C@@H](C)/C=C\C=C3\CO[C@@H]4[C@H](O)C(C)=C[C@@H](C(=O)O1)[C@]34O)O2. The summed E-state index contributed by atoms with van der Waals surface area (Å²) in [4.78, 5) is 14.3. The molecule has 7 aliphatic rings. The highest BCUT2D eigenvalue weighted by Crippen LogP contribution is 2.47. The first kappa shape index (κ1) is 47.6. The molecule has 1 aliphatic carbocycles. The fourth-order valence-electron chi connectivity index (χ4n) is 10.6. The second-order valence-corrected chi connectivity index (χ2v) is 19.0. The molecule has 6 heterocycles. The van der Waals surface area contributed by atoms with Crippen molar-refractivity contribution < 1.29 is 67.5 Å². The van der Waals surface area contributed by atoms with Gasteiger partial charge in [-0.25, -0.2) is 0 Å². The molecule has 62 heavy (non-hydrogen) atoms. The predicted molar refractivity (Wildman–Crippen MR) is 227 cm³/mol. The zero-order valence-corrected chi connectivity index (χ0v) is 38.2. The molecule has 20 atom stereocenters. The molecule has 3 N–H and O–H groups in total. The number of aliphatic hydroxyl groups excluding tert-OH is 2. The van der Waals surface area contributed by atoms with E-state index < -0.39 is 90.8 Å². The first-order valence-electron chi connectivity index (χ1n) is 22.9. The van der Waals surface area contributed by atoms with Gasteiger partial charge in [0, 0.05) is 51.7 Å².